The number of halogens is 2. The molecule has 0 heterocycles. The predicted molar refractivity (Wildman–Crippen MR) is 66.4 cm³/mol. The van der Waals surface area contributed by atoms with E-state index in [9.17, 15) is 4.39 Å². The van der Waals surface area contributed by atoms with Gasteiger partial charge in [-0.25, -0.2) is 4.39 Å². The van der Waals surface area contributed by atoms with E-state index in [0.29, 0.717) is 16.6 Å². The lowest BCUT2D eigenvalue weighted by atomic mass is 9.94. The summed E-state index contributed by atoms with van der Waals surface area (Å²) in [5, 5.41) is 0.428. The van der Waals surface area contributed by atoms with Gasteiger partial charge in [-0.2, -0.15) is 0 Å². The summed E-state index contributed by atoms with van der Waals surface area (Å²) in [4.78, 5) is 0. The molecule has 1 aliphatic rings. The summed E-state index contributed by atoms with van der Waals surface area (Å²) in [6.07, 6.45) is 4.05. The van der Waals surface area contributed by atoms with Crippen molar-refractivity contribution in [3.63, 3.8) is 0 Å². The Morgan fingerprint density at radius 2 is 2.00 bits per heavy atom. The first-order chi connectivity index (χ1) is 8.16. The Bertz CT molecular complexity index is 357. The van der Waals surface area contributed by atoms with Crippen LogP contribution in [0.25, 0.3) is 0 Å². The first-order valence-electron chi connectivity index (χ1n) is 5.97. The average Bonchev–Trinajstić information content (AvgIpc) is 2.31. The normalized spacial score (nSPS) is 24.9. The second-order valence-corrected chi connectivity index (χ2v) is 4.96. The highest BCUT2D eigenvalue weighted by Crippen LogP contribution is 2.24. The molecule has 0 radical (unpaired) electrons. The summed E-state index contributed by atoms with van der Waals surface area (Å²) in [6.45, 7) is 0.241. The molecule has 1 aromatic carbocycles. The average molecular weight is 258 g/mol. The van der Waals surface area contributed by atoms with Gasteiger partial charge in [0.2, 0.25) is 0 Å². The van der Waals surface area contributed by atoms with Crippen LogP contribution < -0.4 is 5.73 Å². The van der Waals surface area contributed by atoms with E-state index in [2.05, 4.69) is 0 Å². The second kappa shape index (κ2) is 5.80. The monoisotopic (exact) mass is 257 g/mol. The Hall–Kier alpha value is -0.640. The molecule has 0 aromatic heterocycles. The van der Waals surface area contributed by atoms with Crippen LogP contribution in [-0.4, -0.2) is 12.1 Å². The molecular formula is C13H17ClFNO. The molecule has 1 saturated carbocycles. The van der Waals surface area contributed by atoms with Crippen molar-refractivity contribution in [3.05, 3.63) is 34.6 Å². The number of hydrogen-bond donors (Lipinski definition) is 1. The highest BCUT2D eigenvalue weighted by Gasteiger charge is 2.19. The van der Waals surface area contributed by atoms with E-state index in [1.54, 1.807) is 12.1 Å². The van der Waals surface area contributed by atoms with Crippen molar-refractivity contribution in [1.29, 1.82) is 0 Å². The Morgan fingerprint density at radius 3 is 2.65 bits per heavy atom. The lowest BCUT2D eigenvalue weighted by molar-refractivity contribution is 0.0126. The molecular weight excluding hydrogens is 241 g/mol. The van der Waals surface area contributed by atoms with Crippen LogP contribution in [0.5, 0.6) is 0 Å². The summed E-state index contributed by atoms with van der Waals surface area (Å²) in [5.41, 5.74) is 6.26. The minimum Gasteiger partial charge on any atom is -0.373 e. The van der Waals surface area contributed by atoms with Crippen molar-refractivity contribution in [1.82, 2.24) is 0 Å². The molecule has 1 aliphatic carbocycles. The van der Waals surface area contributed by atoms with Crippen LogP contribution in [0.4, 0.5) is 4.39 Å². The maximum absolute atomic E-state index is 13.5. The third kappa shape index (κ3) is 3.41. The molecule has 0 spiro atoms. The van der Waals surface area contributed by atoms with Gasteiger partial charge in [0.15, 0.2) is 0 Å². The number of benzene rings is 1. The summed E-state index contributed by atoms with van der Waals surface area (Å²) in [5.74, 6) is -0.301. The molecule has 94 valence electrons. The van der Waals surface area contributed by atoms with Crippen molar-refractivity contribution in [2.45, 2.75) is 44.4 Å². The third-order valence-electron chi connectivity index (χ3n) is 3.24. The van der Waals surface area contributed by atoms with E-state index in [0.717, 1.165) is 25.7 Å². The zero-order valence-electron chi connectivity index (χ0n) is 9.66. The largest absolute Gasteiger partial charge is 0.373 e. The van der Waals surface area contributed by atoms with Crippen molar-refractivity contribution < 1.29 is 9.13 Å². The van der Waals surface area contributed by atoms with Gasteiger partial charge in [0.1, 0.15) is 5.82 Å². The maximum atomic E-state index is 13.5. The smallest absolute Gasteiger partial charge is 0.130 e. The Kier molecular flexibility index (Phi) is 4.37. The molecule has 2 rings (SSSR count). The van der Waals surface area contributed by atoms with E-state index in [-0.39, 0.29) is 18.5 Å². The fourth-order valence-electron chi connectivity index (χ4n) is 2.13. The molecule has 4 heteroatoms. The third-order valence-corrected chi connectivity index (χ3v) is 3.60. The van der Waals surface area contributed by atoms with Gasteiger partial charge in [0.25, 0.3) is 0 Å². The fraction of sp³-hybridized carbons (Fsp3) is 0.538. The molecule has 2 nitrogen and oxygen atoms in total. The van der Waals surface area contributed by atoms with Crippen molar-refractivity contribution in [2.24, 2.45) is 5.73 Å². The molecule has 0 unspecified atom stereocenters. The predicted octanol–water partition coefficient (Wildman–Crippen LogP) is 3.27. The highest BCUT2D eigenvalue weighted by atomic mass is 35.5. The van der Waals surface area contributed by atoms with Crippen LogP contribution in [0.2, 0.25) is 5.02 Å². The molecule has 0 bridgehead atoms. The van der Waals surface area contributed by atoms with Gasteiger partial charge < -0.3 is 10.5 Å². The van der Waals surface area contributed by atoms with Gasteiger partial charge in [-0.05, 0) is 37.8 Å². The number of hydrogen-bond acceptors (Lipinski definition) is 2. The standard InChI is InChI=1S/C13H17ClFNO/c14-12-2-1-3-13(15)11(12)8-17-10-6-4-9(16)5-7-10/h1-3,9-10H,4-8,16H2. The zero-order chi connectivity index (χ0) is 12.3. The molecule has 0 atom stereocenters. The maximum Gasteiger partial charge on any atom is 0.130 e. The first kappa shape index (κ1) is 12.8. The Labute approximate surface area is 106 Å². The number of ether oxygens (including phenoxy) is 1. The molecule has 0 saturated heterocycles. The number of nitrogens with two attached hydrogens (primary N) is 1. The van der Waals surface area contributed by atoms with Gasteiger partial charge >= 0.3 is 0 Å². The van der Waals surface area contributed by atoms with Gasteiger partial charge in [0, 0.05) is 16.6 Å². The SMILES string of the molecule is NC1CCC(OCc2c(F)cccc2Cl)CC1. The van der Waals surface area contributed by atoms with Gasteiger partial charge in [-0.15, -0.1) is 0 Å². The van der Waals surface area contributed by atoms with Crippen molar-refractivity contribution >= 4 is 11.6 Å². The molecule has 2 N–H and O–H groups in total. The summed E-state index contributed by atoms with van der Waals surface area (Å²) >= 11 is 5.93. The van der Waals surface area contributed by atoms with E-state index in [4.69, 9.17) is 22.1 Å². The highest BCUT2D eigenvalue weighted by molar-refractivity contribution is 6.31. The van der Waals surface area contributed by atoms with Crippen molar-refractivity contribution in [3.8, 4) is 0 Å². The molecule has 1 fully saturated rings. The van der Waals surface area contributed by atoms with E-state index in [1.165, 1.54) is 6.07 Å². The van der Waals surface area contributed by atoms with E-state index >= 15 is 0 Å². The van der Waals surface area contributed by atoms with E-state index < -0.39 is 0 Å². The van der Waals surface area contributed by atoms with Crippen LogP contribution >= 0.6 is 11.6 Å². The van der Waals surface area contributed by atoms with Crippen LogP contribution in [0.1, 0.15) is 31.2 Å². The first-order valence-corrected chi connectivity index (χ1v) is 6.34. The topological polar surface area (TPSA) is 35.2 Å². The van der Waals surface area contributed by atoms with Gasteiger partial charge in [-0.3, -0.25) is 0 Å². The Morgan fingerprint density at radius 1 is 1.29 bits per heavy atom. The molecule has 1 aromatic rings. The number of rotatable bonds is 3. The quantitative estimate of drug-likeness (QED) is 0.902. The summed E-state index contributed by atoms with van der Waals surface area (Å²) in [6, 6.07) is 4.98. The van der Waals surface area contributed by atoms with Gasteiger partial charge in [-0.1, -0.05) is 17.7 Å². The van der Waals surface area contributed by atoms with Crippen LogP contribution in [-0.2, 0) is 11.3 Å². The summed E-state index contributed by atoms with van der Waals surface area (Å²) < 4.78 is 19.2. The van der Waals surface area contributed by atoms with Crippen LogP contribution in [0, 0.1) is 5.82 Å². The van der Waals surface area contributed by atoms with Crippen LogP contribution in [0.15, 0.2) is 18.2 Å². The van der Waals surface area contributed by atoms with E-state index in [1.807, 2.05) is 0 Å². The minimum absolute atomic E-state index is 0.186. The zero-order valence-corrected chi connectivity index (χ0v) is 10.4. The van der Waals surface area contributed by atoms with Crippen LogP contribution in [0.3, 0.4) is 0 Å². The Balaban J connectivity index is 1.89. The lowest BCUT2D eigenvalue weighted by Gasteiger charge is -2.26. The van der Waals surface area contributed by atoms with Crippen molar-refractivity contribution in [2.75, 3.05) is 0 Å². The molecule has 0 aliphatic heterocycles. The second-order valence-electron chi connectivity index (χ2n) is 4.55. The molecule has 17 heavy (non-hydrogen) atoms. The summed E-state index contributed by atoms with van der Waals surface area (Å²) in [7, 11) is 0. The fourth-order valence-corrected chi connectivity index (χ4v) is 2.34. The lowest BCUT2D eigenvalue weighted by Crippen LogP contribution is -2.30. The molecule has 0 amide bonds. The van der Waals surface area contributed by atoms with Gasteiger partial charge in [0.05, 0.1) is 12.7 Å². The minimum atomic E-state index is -0.301.